The molecular formula is C16H15BrFNO2. The molecule has 1 amide bonds. The fraction of sp³-hybridized carbons (Fsp3) is 0.188. The monoisotopic (exact) mass is 351 g/mol. The molecule has 0 aliphatic rings. The van der Waals surface area contributed by atoms with Gasteiger partial charge < -0.3 is 10.1 Å². The van der Waals surface area contributed by atoms with Gasteiger partial charge in [0.25, 0.3) is 0 Å². The van der Waals surface area contributed by atoms with Crippen molar-refractivity contribution in [1.29, 1.82) is 0 Å². The van der Waals surface area contributed by atoms with Crippen LogP contribution in [0.25, 0.3) is 0 Å². The van der Waals surface area contributed by atoms with E-state index in [-0.39, 0.29) is 18.1 Å². The number of benzene rings is 2. The van der Waals surface area contributed by atoms with Crippen molar-refractivity contribution in [3.8, 4) is 5.75 Å². The van der Waals surface area contributed by atoms with E-state index in [0.717, 1.165) is 10.2 Å². The molecule has 2 rings (SSSR count). The standard InChI is InChI=1S/C16H15BrFNO2/c17-14-6-1-2-7-15(14)21-9-8-19-16(20)11-12-4-3-5-13(18)10-12/h1-7,10H,8-9,11H2,(H,19,20). The van der Waals surface area contributed by atoms with Crippen LogP contribution in [0.1, 0.15) is 5.56 Å². The number of carbonyl (C=O) groups is 1. The smallest absolute Gasteiger partial charge is 0.224 e. The Labute approximate surface area is 131 Å². The van der Waals surface area contributed by atoms with Crippen LogP contribution in [-0.4, -0.2) is 19.1 Å². The molecule has 0 unspecified atom stereocenters. The summed E-state index contributed by atoms with van der Waals surface area (Å²) in [4.78, 5) is 11.7. The summed E-state index contributed by atoms with van der Waals surface area (Å²) < 4.78 is 19.4. The first-order valence-corrected chi connectivity index (χ1v) is 7.33. The third-order valence-electron chi connectivity index (χ3n) is 2.77. The average molecular weight is 352 g/mol. The fourth-order valence-corrected chi connectivity index (χ4v) is 2.21. The number of nitrogens with one attached hydrogen (secondary N) is 1. The molecule has 2 aromatic carbocycles. The molecular weight excluding hydrogens is 337 g/mol. The van der Waals surface area contributed by atoms with E-state index in [1.807, 2.05) is 24.3 Å². The Kier molecular flexibility index (Phi) is 5.75. The van der Waals surface area contributed by atoms with E-state index in [1.54, 1.807) is 12.1 Å². The summed E-state index contributed by atoms with van der Waals surface area (Å²) in [6.07, 6.45) is 0.160. The van der Waals surface area contributed by atoms with Crippen molar-refractivity contribution in [3.63, 3.8) is 0 Å². The lowest BCUT2D eigenvalue weighted by Gasteiger charge is -2.09. The minimum Gasteiger partial charge on any atom is -0.491 e. The molecule has 0 aromatic heterocycles. The quantitative estimate of drug-likeness (QED) is 0.810. The molecule has 0 radical (unpaired) electrons. The van der Waals surface area contributed by atoms with Crippen LogP contribution in [0.3, 0.4) is 0 Å². The van der Waals surface area contributed by atoms with Gasteiger partial charge in [-0.25, -0.2) is 4.39 Å². The zero-order chi connectivity index (χ0) is 15.1. The third kappa shape index (κ3) is 5.19. The number of hydrogen-bond acceptors (Lipinski definition) is 2. The Morgan fingerprint density at radius 1 is 1.19 bits per heavy atom. The summed E-state index contributed by atoms with van der Waals surface area (Å²) in [7, 11) is 0. The van der Waals surface area contributed by atoms with E-state index in [1.165, 1.54) is 12.1 Å². The number of ether oxygens (including phenoxy) is 1. The highest BCUT2D eigenvalue weighted by molar-refractivity contribution is 9.10. The molecule has 0 atom stereocenters. The van der Waals surface area contributed by atoms with Crippen molar-refractivity contribution in [3.05, 3.63) is 64.4 Å². The Morgan fingerprint density at radius 2 is 2.00 bits per heavy atom. The van der Waals surface area contributed by atoms with Gasteiger partial charge in [-0.1, -0.05) is 24.3 Å². The highest BCUT2D eigenvalue weighted by Crippen LogP contribution is 2.23. The normalized spacial score (nSPS) is 10.2. The Hall–Kier alpha value is -1.88. The molecule has 0 aliphatic heterocycles. The number of carbonyl (C=O) groups excluding carboxylic acids is 1. The fourth-order valence-electron chi connectivity index (χ4n) is 1.81. The van der Waals surface area contributed by atoms with Crippen LogP contribution in [0, 0.1) is 5.82 Å². The summed E-state index contributed by atoms with van der Waals surface area (Å²) in [5.74, 6) is 0.241. The van der Waals surface area contributed by atoms with Crippen LogP contribution in [0.2, 0.25) is 0 Å². The lowest BCUT2D eigenvalue weighted by molar-refractivity contribution is -0.120. The van der Waals surface area contributed by atoms with Crippen molar-refractivity contribution in [2.75, 3.05) is 13.2 Å². The van der Waals surface area contributed by atoms with Gasteiger partial charge in [0.15, 0.2) is 0 Å². The number of hydrogen-bond donors (Lipinski definition) is 1. The maximum Gasteiger partial charge on any atom is 0.224 e. The Morgan fingerprint density at radius 3 is 2.76 bits per heavy atom. The SMILES string of the molecule is O=C(Cc1cccc(F)c1)NCCOc1ccccc1Br. The summed E-state index contributed by atoms with van der Waals surface area (Å²) in [5, 5.41) is 2.74. The molecule has 0 saturated heterocycles. The minimum absolute atomic E-state index is 0.156. The van der Waals surface area contributed by atoms with E-state index in [2.05, 4.69) is 21.2 Å². The van der Waals surface area contributed by atoms with E-state index in [4.69, 9.17) is 4.74 Å². The van der Waals surface area contributed by atoms with Gasteiger partial charge in [-0.05, 0) is 45.8 Å². The number of amides is 1. The first-order valence-electron chi connectivity index (χ1n) is 6.53. The largest absolute Gasteiger partial charge is 0.491 e. The predicted octanol–water partition coefficient (Wildman–Crippen LogP) is 3.33. The topological polar surface area (TPSA) is 38.3 Å². The minimum atomic E-state index is -0.336. The summed E-state index contributed by atoms with van der Waals surface area (Å²) >= 11 is 3.38. The summed E-state index contributed by atoms with van der Waals surface area (Å²) in [6.45, 7) is 0.771. The molecule has 5 heteroatoms. The molecule has 1 N–H and O–H groups in total. The van der Waals surface area contributed by atoms with Gasteiger partial charge in [0, 0.05) is 0 Å². The van der Waals surface area contributed by atoms with Crippen molar-refractivity contribution < 1.29 is 13.9 Å². The van der Waals surface area contributed by atoms with Crippen LogP contribution in [0.5, 0.6) is 5.75 Å². The lowest BCUT2D eigenvalue weighted by atomic mass is 10.1. The van der Waals surface area contributed by atoms with Gasteiger partial charge in [0.2, 0.25) is 5.91 Å². The lowest BCUT2D eigenvalue weighted by Crippen LogP contribution is -2.29. The van der Waals surface area contributed by atoms with Crippen LogP contribution in [0.15, 0.2) is 53.0 Å². The summed E-state index contributed by atoms with van der Waals surface area (Å²) in [5.41, 5.74) is 0.652. The number of halogens is 2. The average Bonchev–Trinajstić information content (AvgIpc) is 2.45. The van der Waals surface area contributed by atoms with Gasteiger partial charge >= 0.3 is 0 Å². The molecule has 21 heavy (non-hydrogen) atoms. The zero-order valence-electron chi connectivity index (χ0n) is 11.3. The van der Waals surface area contributed by atoms with E-state index >= 15 is 0 Å². The van der Waals surface area contributed by atoms with Gasteiger partial charge in [0.1, 0.15) is 18.2 Å². The first kappa shape index (κ1) is 15.5. The Balaban J connectivity index is 1.71. The second-order valence-electron chi connectivity index (χ2n) is 4.44. The van der Waals surface area contributed by atoms with Crippen molar-refractivity contribution in [2.45, 2.75) is 6.42 Å². The zero-order valence-corrected chi connectivity index (χ0v) is 12.9. The van der Waals surface area contributed by atoms with Crippen LogP contribution < -0.4 is 10.1 Å². The second-order valence-corrected chi connectivity index (χ2v) is 5.29. The predicted molar refractivity (Wildman–Crippen MR) is 82.8 cm³/mol. The second kappa shape index (κ2) is 7.78. The van der Waals surface area contributed by atoms with Crippen LogP contribution in [0.4, 0.5) is 4.39 Å². The molecule has 3 nitrogen and oxygen atoms in total. The van der Waals surface area contributed by atoms with Gasteiger partial charge in [-0.2, -0.15) is 0 Å². The number of para-hydroxylation sites is 1. The summed E-state index contributed by atoms with van der Waals surface area (Å²) in [6, 6.07) is 13.5. The van der Waals surface area contributed by atoms with Crippen molar-refractivity contribution in [1.82, 2.24) is 5.32 Å². The van der Waals surface area contributed by atoms with E-state index in [0.29, 0.717) is 18.7 Å². The molecule has 0 saturated carbocycles. The molecule has 0 fully saturated rings. The molecule has 0 spiro atoms. The highest BCUT2D eigenvalue weighted by atomic mass is 79.9. The Bertz CT molecular complexity index is 619. The molecule has 110 valence electrons. The molecule has 0 bridgehead atoms. The van der Waals surface area contributed by atoms with Gasteiger partial charge in [0.05, 0.1) is 17.4 Å². The highest BCUT2D eigenvalue weighted by Gasteiger charge is 2.04. The van der Waals surface area contributed by atoms with Crippen molar-refractivity contribution >= 4 is 21.8 Å². The van der Waals surface area contributed by atoms with Crippen LogP contribution in [-0.2, 0) is 11.2 Å². The van der Waals surface area contributed by atoms with Crippen LogP contribution >= 0.6 is 15.9 Å². The maximum atomic E-state index is 13.0. The molecule has 2 aromatic rings. The number of rotatable bonds is 6. The van der Waals surface area contributed by atoms with Gasteiger partial charge in [-0.3, -0.25) is 4.79 Å². The molecule has 0 heterocycles. The third-order valence-corrected chi connectivity index (χ3v) is 3.43. The van der Waals surface area contributed by atoms with Crippen molar-refractivity contribution in [2.24, 2.45) is 0 Å². The van der Waals surface area contributed by atoms with E-state index in [9.17, 15) is 9.18 Å². The maximum absolute atomic E-state index is 13.0. The molecule has 0 aliphatic carbocycles. The first-order chi connectivity index (χ1) is 10.1. The van der Waals surface area contributed by atoms with E-state index < -0.39 is 0 Å². The van der Waals surface area contributed by atoms with Gasteiger partial charge in [-0.15, -0.1) is 0 Å².